The van der Waals surface area contributed by atoms with E-state index < -0.39 is 0 Å². The van der Waals surface area contributed by atoms with Crippen molar-refractivity contribution in [3.8, 4) is 5.75 Å². The van der Waals surface area contributed by atoms with Gasteiger partial charge in [0.05, 0.1) is 12.4 Å². The first-order chi connectivity index (χ1) is 11.6. The maximum Gasteiger partial charge on any atom is 0.233 e. The molecular weight excluding hydrogens is 342 g/mol. The number of carbonyl (C=O) groups is 1. The highest BCUT2D eigenvalue weighted by atomic mass is 35.5. The van der Waals surface area contributed by atoms with Crippen molar-refractivity contribution in [1.82, 2.24) is 5.32 Å². The molecule has 2 rings (SSSR count). The van der Waals surface area contributed by atoms with Crippen LogP contribution in [0.3, 0.4) is 0 Å². The molecule has 0 bridgehead atoms. The van der Waals surface area contributed by atoms with Crippen molar-refractivity contribution in [3.05, 3.63) is 59.1 Å². The first-order valence-electron chi connectivity index (χ1n) is 7.91. The Bertz CT molecular complexity index is 643. The lowest BCUT2D eigenvalue weighted by molar-refractivity contribution is -0.120. The van der Waals surface area contributed by atoms with Crippen molar-refractivity contribution in [2.24, 2.45) is 0 Å². The van der Waals surface area contributed by atoms with Gasteiger partial charge in [0.1, 0.15) is 5.75 Å². The number of methoxy groups -OCH3 is 1. The zero-order valence-electron chi connectivity index (χ0n) is 13.9. The first kappa shape index (κ1) is 18.7. The molecule has 1 atom stereocenters. The molecule has 0 saturated carbocycles. The van der Waals surface area contributed by atoms with Gasteiger partial charge in [-0.05, 0) is 61.7 Å². The van der Waals surface area contributed by atoms with E-state index in [9.17, 15) is 4.79 Å². The van der Waals surface area contributed by atoms with Crippen LogP contribution in [0, 0.1) is 0 Å². The Hall–Kier alpha value is -1.65. The Labute approximate surface area is 152 Å². The highest BCUT2D eigenvalue weighted by molar-refractivity contribution is 8.00. The molecular formula is C19H22ClNO2S. The van der Waals surface area contributed by atoms with Crippen LogP contribution in [0.2, 0.25) is 5.02 Å². The summed E-state index contributed by atoms with van der Waals surface area (Å²) in [5, 5.41) is 3.61. The summed E-state index contributed by atoms with van der Waals surface area (Å²) in [4.78, 5) is 13.2. The van der Waals surface area contributed by atoms with Crippen molar-refractivity contribution < 1.29 is 9.53 Å². The zero-order chi connectivity index (χ0) is 17.4. The number of aryl methyl sites for hydroxylation is 1. The number of hydrogen-bond donors (Lipinski definition) is 1. The highest BCUT2D eigenvalue weighted by Gasteiger charge is 2.13. The van der Waals surface area contributed by atoms with E-state index in [1.807, 2.05) is 55.5 Å². The molecule has 0 aliphatic heterocycles. The van der Waals surface area contributed by atoms with Gasteiger partial charge < -0.3 is 10.1 Å². The summed E-state index contributed by atoms with van der Waals surface area (Å²) < 4.78 is 5.13. The van der Waals surface area contributed by atoms with Crippen LogP contribution >= 0.6 is 23.4 Å². The molecule has 24 heavy (non-hydrogen) atoms. The van der Waals surface area contributed by atoms with Gasteiger partial charge in [0, 0.05) is 16.5 Å². The third-order valence-corrected chi connectivity index (χ3v) is 4.96. The molecule has 0 aromatic heterocycles. The van der Waals surface area contributed by atoms with E-state index >= 15 is 0 Å². The number of halogens is 1. The van der Waals surface area contributed by atoms with Crippen LogP contribution in [0.15, 0.2) is 53.4 Å². The predicted molar refractivity (Wildman–Crippen MR) is 101 cm³/mol. The van der Waals surface area contributed by atoms with Gasteiger partial charge in [0.15, 0.2) is 0 Å². The van der Waals surface area contributed by atoms with Crippen LogP contribution in [-0.4, -0.2) is 24.8 Å². The molecule has 0 fully saturated rings. The number of hydrogen-bond acceptors (Lipinski definition) is 3. The lowest BCUT2D eigenvalue weighted by Gasteiger charge is -2.12. The number of rotatable bonds is 8. The summed E-state index contributed by atoms with van der Waals surface area (Å²) in [7, 11) is 1.64. The van der Waals surface area contributed by atoms with Gasteiger partial charge in [-0.3, -0.25) is 4.79 Å². The molecule has 0 aliphatic carbocycles. The molecule has 5 heteroatoms. The van der Waals surface area contributed by atoms with Gasteiger partial charge in [-0.25, -0.2) is 0 Å². The van der Waals surface area contributed by atoms with Crippen LogP contribution in [-0.2, 0) is 11.2 Å². The fourth-order valence-corrected chi connectivity index (χ4v) is 3.23. The summed E-state index contributed by atoms with van der Waals surface area (Å²) in [5.74, 6) is 0.880. The van der Waals surface area contributed by atoms with Crippen molar-refractivity contribution in [3.63, 3.8) is 0 Å². The van der Waals surface area contributed by atoms with Gasteiger partial charge in [0.25, 0.3) is 0 Å². The number of ether oxygens (including phenoxy) is 1. The van der Waals surface area contributed by atoms with E-state index in [-0.39, 0.29) is 11.2 Å². The fraction of sp³-hybridized carbons (Fsp3) is 0.316. The van der Waals surface area contributed by atoms with E-state index in [4.69, 9.17) is 16.3 Å². The zero-order valence-corrected chi connectivity index (χ0v) is 15.5. The average Bonchev–Trinajstić information content (AvgIpc) is 2.60. The van der Waals surface area contributed by atoms with E-state index in [1.165, 1.54) is 5.56 Å². The van der Waals surface area contributed by atoms with Crippen LogP contribution in [0.25, 0.3) is 0 Å². The topological polar surface area (TPSA) is 38.3 Å². The van der Waals surface area contributed by atoms with Crippen molar-refractivity contribution >= 4 is 29.3 Å². The monoisotopic (exact) mass is 363 g/mol. The molecule has 1 amide bonds. The fourth-order valence-electron chi connectivity index (χ4n) is 2.21. The minimum absolute atomic E-state index is 0.0620. The Morgan fingerprint density at radius 3 is 2.46 bits per heavy atom. The molecule has 3 nitrogen and oxygen atoms in total. The molecule has 128 valence electrons. The normalized spacial score (nSPS) is 11.8. The Morgan fingerprint density at radius 2 is 1.83 bits per heavy atom. The largest absolute Gasteiger partial charge is 0.497 e. The van der Waals surface area contributed by atoms with E-state index in [0.717, 1.165) is 28.5 Å². The first-order valence-corrected chi connectivity index (χ1v) is 9.17. The van der Waals surface area contributed by atoms with Crippen molar-refractivity contribution in [2.75, 3.05) is 13.7 Å². The molecule has 0 radical (unpaired) electrons. The Morgan fingerprint density at radius 1 is 1.17 bits per heavy atom. The average molecular weight is 364 g/mol. The quantitative estimate of drug-likeness (QED) is 0.551. The van der Waals surface area contributed by atoms with Gasteiger partial charge in [-0.15, -0.1) is 11.8 Å². The highest BCUT2D eigenvalue weighted by Crippen LogP contribution is 2.25. The minimum atomic E-state index is -0.131. The van der Waals surface area contributed by atoms with E-state index in [2.05, 4.69) is 5.32 Å². The number of amides is 1. The molecule has 2 aromatic carbocycles. The lowest BCUT2D eigenvalue weighted by Crippen LogP contribution is -2.31. The lowest BCUT2D eigenvalue weighted by atomic mass is 10.1. The molecule has 0 saturated heterocycles. The molecule has 0 spiro atoms. The Kier molecular flexibility index (Phi) is 7.47. The van der Waals surface area contributed by atoms with Crippen molar-refractivity contribution in [1.29, 1.82) is 0 Å². The summed E-state index contributed by atoms with van der Waals surface area (Å²) in [5.41, 5.74) is 1.23. The second kappa shape index (κ2) is 9.60. The SMILES string of the molecule is COc1ccc(S[C@H](C)C(=O)NCCCc2ccc(Cl)cc2)cc1. The third kappa shape index (κ3) is 6.10. The van der Waals surface area contributed by atoms with Gasteiger partial charge >= 0.3 is 0 Å². The summed E-state index contributed by atoms with van der Waals surface area (Å²) >= 11 is 7.41. The second-order valence-electron chi connectivity index (χ2n) is 5.46. The predicted octanol–water partition coefficient (Wildman–Crippen LogP) is 4.58. The molecule has 0 unspecified atom stereocenters. The van der Waals surface area contributed by atoms with Crippen molar-refractivity contribution in [2.45, 2.75) is 29.9 Å². The summed E-state index contributed by atoms with van der Waals surface area (Å²) in [6.07, 6.45) is 1.84. The maximum atomic E-state index is 12.2. The molecule has 1 N–H and O–H groups in total. The standard InChI is InChI=1S/C19H22ClNO2S/c1-14(24-18-11-9-17(23-2)10-12-18)19(22)21-13-3-4-15-5-7-16(20)8-6-15/h5-12,14H,3-4,13H2,1-2H3,(H,21,22)/t14-/m1/s1. The van der Waals surface area contributed by atoms with Crippen LogP contribution < -0.4 is 10.1 Å². The third-order valence-electron chi connectivity index (χ3n) is 3.60. The summed E-state index contributed by atoms with van der Waals surface area (Å²) in [6.45, 7) is 2.60. The minimum Gasteiger partial charge on any atom is -0.497 e. The van der Waals surface area contributed by atoms with Gasteiger partial charge in [-0.2, -0.15) is 0 Å². The smallest absolute Gasteiger partial charge is 0.233 e. The molecule has 2 aromatic rings. The molecule has 0 heterocycles. The van der Waals surface area contributed by atoms with E-state index in [0.29, 0.717) is 6.54 Å². The van der Waals surface area contributed by atoms with Crippen LogP contribution in [0.1, 0.15) is 18.9 Å². The number of carbonyl (C=O) groups excluding carboxylic acids is 1. The maximum absolute atomic E-state index is 12.2. The molecule has 0 aliphatic rings. The van der Waals surface area contributed by atoms with Gasteiger partial charge in [0.2, 0.25) is 5.91 Å². The second-order valence-corrected chi connectivity index (χ2v) is 7.31. The van der Waals surface area contributed by atoms with Gasteiger partial charge in [-0.1, -0.05) is 23.7 Å². The van der Waals surface area contributed by atoms with Crippen LogP contribution in [0.5, 0.6) is 5.75 Å². The Balaban J connectivity index is 1.70. The van der Waals surface area contributed by atoms with Crippen LogP contribution in [0.4, 0.5) is 0 Å². The number of thioether (sulfide) groups is 1. The number of nitrogens with one attached hydrogen (secondary N) is 1. The summed E-state index contributed by atoms with van der Waals surface area (Å²) in [6, 6.07) is 15.6. The van der Waals surface area contributed by atoms with E-state index in [1.54, 1.807) is 18.9 Å². The number of benzene rings is 2.